The Morgan fingerprint density at radius 2 is 1.96 bits per heavy atom. The summed E-state index contributed by atoms with van der Waals surface area (Å²) in [4.78, 5) is 25.5. The van der Waals surface area contributed by atoms with Gasteiger partial charge in [-0.3, -0.25) is 4.79 Å². The van der Waals surface area contributed by atoms with Gasteiger partial charge in [0.25, 0.3) is 0 Å². The van der Waals surface area contributed by atoms with E-state index in [1.54, 1.807) is 12.0 Å². The van der Waals surface area contributed by atoms with Gasteiger partial charge in [-0.2, -0.15) is 0 Å². The molecule has 1 heterocycles. The number of ether oxygens (including phenoxy) is 1. The molecule has 1 saturated heterocycles. The maximum atomic E-state index is 12.6. The summed E-state index contributed by atoms with van der Waals surface area (Å²) >= 11 is 0. The van der Waals surface area contributed by atoms with Gasteiger partial charge in [0, 0.05) is 33.4 Å². The van der Waals surface area contributed by atoms with Crippen molar-refractivity contribution >= 4 is 12.0 Å². The molecule has 24 heavy (non-hydrogen) atoms. The predicted octanol–water partition coefficient (Wildman–Crippen LogP) is 2.73. The summed E-state index contributed by atoms with van der Waals surface area (Å²) < 4.78 is 5.26. The van der Waals surface area contributed by atoms with Gasteiger partial charge in [-0.05, 0) is 37.0 Å². The van der Waals surface area contributed by atoms with Crippen molar-refractivity contribution in [1.29, 1.82) is 0 Å². The number of amides is 2. The van der Waals surface area contributed by atoms with Gasteiger partial charge >= 0.3 is 12.0 Å². The van der Waals surface area contributed by atoms with E-state index in [-0.39, 0.29) is 17.4 Å². The molecule has 2 fully saturated rings. The third-order valence-corrected chi connectivity index (χ3v) is 5.66. The number of hydrogen-bond acceptors (Lipinski definition) is 3. The quantitative estimate of drug-likeness (QED) is 0.779. The van der Waals surface area contributed by atoms with Gasteiger partial charge in [0.05, 0.1) is 5.92 Å². The van der Waals surface area contributed by atoms with Gasteiger partial charge in [-0.25, -0.2) is 4.79 Å². The van der Waals surface area contributed by atoms with E-state index in [2.05, 4.69) is 5.32 Å². The Balaban J connectivity index is 1.91. The third-order valence-electron chi connectivity index (χ3n) is 5.66. The standard InChI is InChI=1S/C18H32N2O4/c1-14-10-15(16(21)22)12-20(11-14)17(23)19-13-18(8-9-24-2)6-4-3-5-7-18/h14-15H,3-13H2,1-2H3,(H,19,23)(H,21,22). The third kappa shape index (κ3) is 5.10. The van der Waals surface area contributed by atoms with Crippen molar-refractivity contribution in [2.45, 2.75) is 51.9 Å². The average molecular weight is 340 g/mol. The highest BCUT2D eigenvalue weighted by Gasteiger charge is 2.35. The number of urea groups is 1. The van der Waals surface area contributed by atoms with Crippen LogP contribution in [0.1, 0.15) is 51.9 Å². The molecular formula is C18H32N2O4. The van der Waals surface area contributed by atoms with Gasteiger partial charge in [-0.1, -0.05) is 26.2 Å². The summed E-state index contributed by atoms with van der Waals surface area (Å²) in [5.74, 6) is -1.03. The van der Waals surface area contributed by atoms with Crippen LogP contribution in [0.5, 0.6) is 0 Å². The van der Waals surface area contributed by atoms with Crippen molar-refractivity contribution in [3.05, 3.63) is 0 Å². The van der Waals surface area contributed by atoms with E-state index in [1.807, 2.05) is 6.92 Å². The van der Waals surface area contributed by atoms with Crippen LogP contribution in [-0.4, -0.2) is 55.4 Å². The summed E-state index contributed by atoms with van der Waals surface area (Å²) in [6.07, 6.45) is 7.57. The first-order chi connectivity index (χ1) is 11.5. The van der Waals surface area contributed by atoms with E-state index < -0.39 is 11.9 Å². The highest BCUT2D eigenvalue weighted by molar-refractivity contribution is 5.76. The van der Waals surface area contributed by atoms with Crippen LogP contribution in [0.2, 0.25) is 0 Å². The molecule has 0 aromatic rings. The Morgan fingerprint density at radius 3 is 2.58 bits per heavy atom. The Hall–Kier alpha value is -1.30. The maximum Gasteiger partial charge on any atom is 0.317 e. The maximum absolute atomic E-state index is 12.6. The molecule has 2 amide bonds. The lowest BCUT2D eigenvalue weighted by atomic mass is 9.72. The number of nitrogens with zero attached hydrogens (tertiary/aromatic N) is 1. The van der Waals surface area contributed by atoms with Crippen LogP contribution < -0.4 is 5.32 Å². The van der Waals surface area contributed by atoms with Crippen molar-refractivity contribution in [2.75, 3.05) is 33.4 Å². The minimum absolute atomic E-state index is 0.116. The molecule has 0 radical (unpaired) electrons. The molecule has 6 heteroatoms. The smallest absolute Gasteiger partial charge is 0.317 e. The molecule has 2 unspecified atom stereocenters. The van der Waals surface area contributed by atoms with E-state index in [4.69, 9.17) is 4.74 Å². The first-order valence-electron chi connectivity index (χ1n) is 9.20. The molecule has 2 atom stereocenters. The monoisotopic (exact) mass is 340 g/mol. The molecule has 2 N–H and O–H groups in total. The van der Waals surface area contributed by atoms with E-state index in [9.17, 15) is 14.7 Å². The second kappa shape index (κ2) is 8.70. The molecule has 0 aromatic carbocycles. The molecule has 6 nitrogen and oxygen atoms in total. The number of piperidine rings is 1. The zero-order valence-electron chi connectivity index (χ0n) is 15.1. The molecule has 0 aromatic heterocycles. The van der Waals surface area contributed by atoms with Crippen molar-refractivity contribution in [1.82, 2.24) is 10.2 Å². The summed E-state index contributed by atoms with van der Waals surface area (Å²) in [6.45, 7) is 4.35. The molecule has 138 valence electrons. The van der Waals surface area contributed by atoms with Crippen LogP contribution in [-0.2, 0) is 9.53 Å². The van der Waals surface area contributed by atoms with Crippen LogP contribution in [0.3, 0.4) is 0 Å². The highest BCUT2D eigenvalue weighted by Crippen LogP contribution is 2.38. The predicted molar refractivity (Wildman–Crippen MR) is 91.9 cm³/mol. The fourth-order valence-corrected chi connectivity index (χ4v) is 4.21. The van der Waals surface area contributed by atoms with Crippen LogP contribution in [0.4, 0.5) is 4.79 Å². The number of hydrogen-bond donors (Lipinski definition) is 2. The number of carboxylic acid groups (broad SMARTS) is 1. The van der Waals surface area contributed by atoms with Gasteiger partial charge in [0.2, 0.25) is 0 Å². The van der Waals surface area contributed by atoms with E-state index in [0.29, 0.717) is 26.1 Å². The zero-order valence-corrected chi connectivity index (χ0v) is 15.1. The van der Waals surface area contributed by atoms with Crippen molar-refractivity contribution in [2.24, 2.45) is 17.3 Å². The van der Waals surface area contributed by atoms with Crippen molar-refractivity contribution in [3.63, 3.8) is 0 Å². The van der Waals surface area contributed by atoms with E-state index >= 15 is 0 Å². The number of rotatable bonds is 6. The SMILES string of the molecule is COCCC1(CNC(=O)N2CC(C)CC(C(=O)O)C2)CCCCC1. The fraction of sp³-hybridized carbons (Fsp3) is 0.889. The Morgan fingerprint density at radius 1 is 1.25 bits per heavy atom. The lowest BCUT2D eigenvalue weighted by Crippen LogP contribution is -2.51. The number of carbonyl (C=O) groups is 2. The summed E-state index contributed by atoms with van der Waals surface area (Å²) in [5, 5.41) is 12.3. The number of methoxy groups -OCH3 is 1. The van der Waals surface area contributed by atoms with Gasteiger partial charge < -0.3 is 20.1 Å². The largest absolute Gasteiger partial charge is 0.481 e. The summed E-state index contributed by atoms with van der Waals surface area (Å²) in [7, 11) is 1.72. The van der Waals surface area contributed by atoms with Crippen LogP contribution in [0.25, 0.3) is 0 Å². The van der Waals surface area contributed by atoms with Gasteiger partial charge in [0.1, 0.15) is 0 Å². The van der Waals surface area contributed by atoms with Crippen molar-refractivity contribution < 1.29 is 19.4 Å². The first-order valence-corrected chi connectivity index (χ1v) is 9.20. The fourth-order valence-electron chi connectivity index (χ4n) is 4.21. The van der Waals surface area contributed by atoms with Crippen molar-refractivity contribution in [3.8, 4) is 0 Å². The highest BCUT2D eigenvalue weighted by atomic mass is 16.5. The zero-order chi connectivity index (χ0) is 17.6. The number of carbonyl (C=O) groups excluding carboxylic acids is 1. The number of aliphatic carboxylic acids is 1. The molecule has 2 aliphatic rings. The Kier molecular flexibility index (Phi) is 6.90. The molecule has 1 saturated carbocycles. The van der Waals surface area contributed by atoms with Gasteiger partial charge in [-0.15, -0.1) is 0 Å². The molecule has 0 spiro atoms. The lowest BCUT2D eigenvalue weighted by Gasteiger charge is -2.39. The second-order valence-corrected chi connectivity index (χ2v) is 7.74. The van der Waals surface area contributed by atoms with Crippen LogP contribution in [0, 0.1) is 17.3 Å². The topological polar surface area (TPSA) is 78.9 Å². The molecule has 2 rings (SSSR count). The van der Waals surface area contributed by atoms with E-state index in [0.717, 1.165) is 25.9 Å². The van der Waals surface area contributed by atoms with E-state index in [1.165, 1.54) is 19.3 Å². The van der Waals surface area contributed by atoms with Crippen LogP contribution in [0.15, 0.2) is 0 Å². The molecular weight excluding hydrogens is 308 g/mol. The molecule has 1 aliphatic heterocycles. The summed E-state index contributed by atoms with van der Waals surface area (Å²) in [6, 6.07) is -0.116. The Labute approximate surface area is 144 Å². The number of likely N-dealkylation sites (tertiary alicyclic amines) is 1. The second-order valence-electron chi connectivity index (χ2n) is 7.74. The first kappa shape index (κ1) is 19.0. The minimum Gasteiger partial charge on any atom is -0.481 e. The average Bonchev–Trinajstić information content (AvgIpc) is 2.58. The Bertz CT molecular complexity index is 435. The number of carboxylic acids is 1. The van der Waals surface area contributed by atoms with Gasteiger partial charge in [0.15, 0.2) is 0 Å². The molecule has 1 aliphatic carbocycles. The lowest BCUT2D eigenvalue weighted by molar-refractivity contribution is -0.143. The number of nitrogens with one attached hydrogen (secondary N) is 1. The molecule has 0 bridgehead atoms. The van der Waals surface area contributed by atoms with Crippen LogP contribution >= 0.6 is 0 Å². The normalized spacial score (nSPS) is 26.8. The summed E-state index contributed by atoms with van der Waals surface area (Å²) in [5.41, 5.74) is 0.136. The minimum atomic E-state index is -0.803.